The van der Waals surface area contributed by atoms with Crippen molar-refractivity contribution in [1.82, 2.24) is 24.5 Å². The smallest absolute Gasteiger partial charge is 0.272 e. The first-order valence-corrected chi connectivity index (χ1v) is 8.89. The Kier molecular flexibility index (Phi) is 4.41. The molecule has 8 heteroatoms. The van der Waals surface area contributed by atoms with Crippen LogP contribution in [0.25, 0.3) is 22.3 Å². The summed E-state index contributed by atoms with van der Waals surface area (Å²) in [5.41, 5.74) is 1.50. The van der Waals surface area contributed by atoms with E-state index < -0.39 is 11.7 Å². The molecule has 3 heterocycles. The van der Waals surface area contributed by atoms with E-state index in [1.807, 2.05) is 37.3 Å². The number of aryl methyl sites for hydroxylation is 2. The predicted octanol–water partition coefficient (Wildman–Crippen LogP) is 4.69. The number of rotatable bonds is 4. The highest BCUT2D eigenvalue weighted by atomic mass is 19.4. The molecule has 0 spiro atoms. The third kappa shape index (κ3) is 3.26. The van der Waals surface area contributed by atoms with E-state index in [1.54, 1.807) is 17.8 Å². The summed E-state index contributed by atoms with van der Waals surface area (Å²) in [6.07, 6.45) is -1.29. The molecule has 0 unspecified atom stereocenters. The summed E-state index contributed by atoms with van der Waals surface area (Å²) in [4.78, 5) is 4.53. The van der Waals surface area contributed by atoms with Crippen LogP contribution in [0.1, 0.15) is 23.7 Å². The SMILES string of the molecule is CCn1cc(-c2cc(C(F)(F)F)c3c(C)nn(Cc4ccccc4)c3n2)cn1. The van der Waals surface area contributed by atoms with Crippen LogP contribution >= 0.6 is 0 Å². The highest BCUT2D eigenvalue weighted by Gasteiger charge is 2.35. The standard InChI is InChI=1S/C20H18F3N5/c1-3-27-12-15(10-24-27)17-9-16(20(21,22)23)18-13(2)26-28(19(18)25-17)11-14-7-5-4-6-8-14/h4-10,12H,3,11H2,1-2H3. The third-order valence-corrected chi connectivity index (χ3v) is 4.61. The van der Waals surface area contributed by atoms with Crippen LogP contribution < -0.4 is 0 Å². The highest BCUT2D eigenvalue weighted by Crippen LogP contribution is 2.38. The lowest BCUT2D eigenvalue weighted by molar-refractivity contribution is -0.136. The Labute approximate surface area is 159 Å². The van der Waals surface area contributed by atoms with Crippen LogP contribution in [-0.4, -0.2) is 24.5 Å². The van der Waals surface area contributed by atoms with E-state index in [0.29, 0.717) is 24.3 Å². The van der Waals surface area contributed by atoms with E-state index in [1.165, 1.54) is 10.9 Å². The summed E-state index contributed by atoms with van der Waals surface area (Å²) in [5.74, 6) is 0. The second-order valence-corrected chi connectivity index (χ2v) is 6.56. The van der Waals surface area contributed by atoms with Gasteiger partial charge in [0.05, 0.1) is 35.1 Å². The van der Waals surface area contributed by atoms with Gasteiger partial charge >= 0.3 is 6.18 Å². The first-order valence-electron chi connectivity index (χ1n) is 8.89. The Morgan fingerprint density at radius 3 is 2.50 bits per heavy atom. The van der Waals surface area contributed by atoms with E-state index in [2.05, 4.69) is 15.2 Å². The van der Waals surface area contributed by atoms with Crippen LogP contribution in [0.4, 0.5) is 13.2 Å². The fourth-order valence-corrected chi connectivity index (χ4v) is 3.26. The predicted molar refractivity (Wildman–Crippen MR) is 99.7 cm³/mol. The number of hydrogen-bond donors (Lipinski definition) is 0. The van der Waals surface area contributed by atoms with E-state index in [4.69, 9.17) is 0 Å². The van der Waals surface area contributed by atoms with Crippen LogP contribution in [0.2, 0.25) is 0 Å². The van der Waals surface area contributed by atoms with Gasteiger partial charge in [0, 0.05) is 18.3 Å². The molecule has 0 radical (unpaired) electrons. The molecule has 0 saturated carbocycles. The lowest BCUT2D eigenvalue weighted by atomic mass is 10.1. The van der Waals surface area contributed by atoms with Gasteiger partial charge in [-0.25, -0.2) is 9.67 Å². The summed E-state index contributed by atoms with van der Waals surface area (Å²) in [7, 11) is 0. The van der Waals surface area contributed by atoms with Gasteiger partial charge in [-0.1, -0.05) is 30.3 Å². The van der Waals surface area contributed by atoms with Gasteiger partial charge in [0.25, 0.3) is 0 Å². The monoisotopic (exact) mass is 385 g/mol. The van der Waals surface area contributed by atoms with Gasteiger partial charge in [-0.15, -0.1) is 0 Å². The molecule has 0 N–H and O–H groups in total. The van der Waals surface area contributed by atoms with Gasteiger partial charge in [0.1, 0.15) is 0 Å². The van der Waals surface area contributed by atoms with Crippen molar-refractivity contribution < 1.29 is 13.2 Å². The number of halogens is 3. The molecule has 0 aliphatic rings. The Balaban J connectivity index is 1.93. The molecule has 0 bridgehead atoms. The Hall–Kier alpha value is -3.16. The summed E-state index contributed by atoms with van der Waals surface area (Å²) >= 11 is 0. The van der Waals surface area contributed by atoms with Crippen molar-refractivity contribution >= 4 is 11.0 Å². The minimum absolute atomic E-state index is 0.0371. The van der Waals surface area contributed by atoms with Crippen molar-refractivity contribution in [1.29, 1.82) is 0 Å². The maximum absolute atomic E-state index is 13.8. The minimum atomic E-state index is -4.51. The quantitative estimate of drug-likeness (QED) is 0.512. The Morgan fingerprint density at radius 1 is 1.11 bits per heavy atom. The molecule has 0 aliphatic carbocycles. The van der Waals surface area contributed by atoms with Crippen molar-refractivity contribution in [2.75, 3.05) is 0 Å². The number of nitrogens with zero attached hydrogens (tertiary/aromatic N) is 5. The summed E-state index contributed by atoms with van der Waals surface area (Å²) < 4.78 is 44.6. The van der Waals surface area contributed by atoms with Crippen LogP contribution in [0.15, 0.2) is 48.8 Å². The van der Waals surface area contributed by atoms with E-state index >= 15 is 0 Å². The van der Waals surface area contributed by atoms with Crippen molar-refractivity contribution in [3.05, 3.63) is 65.6 Å². The van der Waals surface area contributed by atoms with E-state index in [-0.39, 0.29) is 16.7 Å². The minimum Gasteiger partial charge on any atom is -0.272 e. The number of aromatic nitrogens is 5. The maximum Gasteiger partial charge on any atom is 0.417 e. The molecule has 3 aromatic heterocycles. The zero-order valence-corrected chi connectivity index (χ0v) is 15.4. The van der Waals surface area contributed by atoms with Gasteiger partial charge < -0.3 is 0 Å². The highest BCUT2D eigenvalue weighted by molar-refractivity contribution is 5.85. The molecule has 144 valence electrons. The van der Waals surface area contributed by atoms with Crippen molar-refractivity contribution in [3.63, 3.8) is 0 Å². The van der Waals surface area contributed by atoms with Crippen molar-refractivity contribution in [2.45, 2.75) is 33.1 Å². The fourth-order valence-electron chi connectivity index (χ4n) is 3.26. The summed E-state index contributed by atoms with van der Waals surface area (Å²) in [5, 5.41) is 8.54. The van der Waals surface area contributed by atoms with Crippen LogP contribution in [-0.2, 0) is 19.3 Å². The molecule has 0 fully saturated rings. The van der Waals surface area contributed by atoms with Gasteiger partial charge in [-0.05, 0) is 25.5 Å². The lowest BCUT2D eigenvalue weighted by Crippen LogP contribution is -2.08. The average Bonchev–Trinajstić information content (AvgIpc) is 3.26. The first kappa shape index (κ1) is 18.2. The molecule has 5 nitrogen and oxygen atoms in total. The zero-order valence-electron chi connectivity index (χ0n) is 15.4. The number of pyridine rings is 1. The first-order chi connectivity index (χ1) is 13.4. The van der Waals surface area contributed by atoms with E-state index in [0.717, 1.165) is 11.6 Å². The van der Waals surface area contributed by atoms with Gasteiger partial charge in [-0.2, -0.15) is 23.4 Å². The molecule has 28 heavy (non-hydrogen) atoms. The maximum atomic E-state index is 13.8. The largest absolute Gasteiger partial charge is 0.417 e. The molecule has 4 rings (SSSR count). The third-order valence-electron chi connectivity index (χ3n) is 4.61. The normalized spacial score (nSPS) is 12.0. The van der Waals surface area contributed by atoms with Gasteiger partial charge in [0.2, 0.25) is 0 Å². The van der Waals surface area contributed by atoms with Crippen LogP contribution in [0.3, 0.4) is 0 Å². The topological polar surface area (TPSA) is 48.5 Å². The average molecular weight is 385 g/mol. The number of alkyl halides is 3. The molecule has 0 aliphatic heterocycles. The molecular formula is C20H18F3N5. The fraction of sp³-hybridized carbons (Fsp3) is 0.250. The van der Waals surface area contributed by atoms with Gasteiger partial charge in [-0.3, -0.25) is 4.68 Å². The van der Waals surface area contributed by atoms with Crippen LogP contribution in [0.5, 0.6) is 0 Å². The molecular weight excluding hydrogens is 367 g/mol. The molecule has 0 saturated heterocycles. The van der Waals surface area contributed by atoms with Crippen LogP contribution in [0, 0.1) is 6.92 Å². The zero-order chi connectivity index (χ0) is 19.9. The molecule has 0 amide bonds. The number of hydrogen-bond acceptors (Lipinski definition) is 3. The molecule has 0 atom stereocenters. The summed E-state index contributed by atoms with van der Waals surface area (Å²) in [6, 6.07) is 10.5. The Morgan fingerprint density at radius 2 is 1.86 bits per heavy atom. The second-order valence-electron chi connectivity index (χ2n) is 6.56. The second kappa shape index (κ2) is 6.78. The summed E-state index contributed by atoms with van der Waals surface area (Å²) in [6.45, 7) is 4.45. The van der Waals surface area contributed by atoms with Gasteiger partial charge in [0.15, 0.2) is 5.65 Å². The Bertz CT molecular complexity index is 1130. The van der Waals surface area contributed by atoms with Crippen molar-refractivity contribution in [3.8, 4) is 11.3 Å². The van der Waals surface area contributed by atoms with E-state index in [9.17, 15) is 13.2 Å². The molecule has 4 aromatic rings. The number of benzene rings is 1. The number of fused-ring (bicyclic) bond motifs is 1. The van der Waals surface area contributed by atoms with Crippen molar-refractivity contribution in [2.24, 2.45) is 0 Å². The lowest BCUT2D eigenvalue weighted by Gasteiger charge is -2.11. The molecule has 1 aromatic carbocycles.